The van der Waals surface area contributed by atoms with E-state index in [1.807, 2.05) is 0 Å². The lowest BCUT2D eigenvalue weighted by atomic mass is 10.1. The van der Waals surface area contributed by atoms with Gasteiger partial charge < -0.3 is 15.7 Å². The molecule has 0 radical (unpaired) electrons. The highest BCUT2D eigenvalue weighted by Crippen LogP contribution is 2.09. The Labute approximate surface area is 99.8 Å². The van der Waals surface area contributed by atoms with Gasteiger partial charge in [-0.1, -0.05) is 0 Å². The second-order valence-electron chi connectivity index (χ2n) is 3.82. The Morgan fingerprint density at radius 2 is 1.88 bits per heavy atom. The van der Waals surface area contributed by atoms with E-state index in [-0.39, 0.29) is 18.4 Å². The number of hydrogen-bond donors (Lipinski definition) is 3. The Bertz CT molecular complexity index is 399. The largest absolute Gasteiger partial charge is 0.392 e. The maximum absolute atomic E-state index is 11.3. The van der Waals surface area contributed by atoms with Crippen LogP contribution in [0.15, 0.2) is 24.3 Å². The Hall–Kier alpha value is -1.88. The van der Waals surface area contributed by atoms with E-state index in [4.69, 9.17) is 5.11 Å². The summed E-state index contributed by atoms with van der Waals surface area (Å²) in [6, 6.07) is 6.21. The summed E-state index contributed by atoms with van der Waals surface area (Å²) in [4.78, 5) is 22.4. The number of urea groups is 1. The van der Waals surface area contributed by atoms with Crippen molar-refractivity contribution in [2.24, 2.45) is 0 Å². The first-order chi connectivity index (χ1) is 7.99. The lowest BCUT2D eigenvalue weighted by molar-refractivity contribution is 0.101. The number of carbonyl (C=O) groups excluding carboxylic acids is 2. The van der Waals surface area contributed by atoms with Crippen LogP contribution in [-0.4, -0.2) is 29.6 Å². The summed E-state index contributed by atoms with van der Waals surface area (Å²) in [5, 5.41) is 14.1. The van der Waals surface area contributed by atoms with Crippen molar-refractivity contribution in [3.8, 4) is 0 Å². The van der Waals surface area contributed by atoms with Gasteiger partial charge in [0.1, 0.15) is 0 Å². The number of anilines is 1. The SMILES string of the molecule is CC(=O)c1ccc(NC(=O)NC[C@H](C)O)cc1. The molecule has 1 rings (SSSR count). The molecule has 0 aliphatic heterocycles. The van der Waals surface area contributed by atoms with Gasteiger partial charge in [-0.15, -0.1) is 0 Å². The van der Waals surface area contributed by atoms with Crippen molar-refractivity contribution < 1.29 is 14.7 Å². The Morgan fingerprint density at radius 3 is 2.35 bits per heavy atom. The van der Waals surface area contributed by atoms with Gasteiger partial charge >= 0.3 is 6.03 Å². The van der Waals surface area contributed by atoms with E-state index in [1.54, 1.807) is 31.2 Å². The monoisotopic (exact) mass is 236 g/mol. The summed E-state index contributed by atoms with van der Waals surface area (Å²) in [5.41, 5.74) is 1.19. The van der Waals surface area contributed by atoms with Crippen molar-refractivity contribution >= 4 is 17.5 Å². The summed E-state index contributed by atoms with van der Waals surface area (Å²) in [6.07, 6.45) is -0.583. The Kier molecular flexibility index (Phi) is 4.66. The van der Waals surface area contributed by atoms with E-state index < -0.39 is 6.10 Å². The number of aliphatic hydroxyl groups excluding tert-OH is 1. The maximum atomic E-state index is 11.3. The Morgan fingerprint density at radius 1 is 1.29 bits per heavy atom. The topological polar surface area (TPSA) is 78.4 Å². The van der Waals surface area contributed by atoms with Crippen molar-refractivity contribution in [1.82, 2.24) is 5.32 Å². The molecule has 2 amide bonds. The van der Waals surface area contributed by atoms with E-state index in [2.05, 4.69) is 10.6 Å². The molecule has 0 fully saturated rings. The minimum absolute atomic E-state index is 0.0184. The number of hydrogen-bond acceptors (Lipinski definition) is 3. The molecule has 0 aliphatic rings. The highest BCUT2D eigenvalue weighted by atomic mass is 16.3. The molecule has 5 nitrogen and oxygen atoms in total. The fraction of sp³-hybridized carbons (Fsp3) is 0.333. The van der Waals surface area contributed by atoms with Crippen LogP contribution in [0.25, 0.3) is 0 Å². The van der Waals surface area contributed by atoms with Crippen LogP contribution in [0.2, 0.25) is 0 Å². The number of aliphatic hydroxyl groups is 1. The summed E-state index contributed by atoms with van der Waals surface area (Å²) in [5.74, 6) is -0.0184. The quantitative estimate of drug-likeness (QED) is 0.691. The summed E-state index contributed by atoms with van der Waals surface area (Å²) in [6.45, 7) is 3.26. The molecule has 0 saturated carbocycles. The van der Waals surface area contributed by atoms with E-state index in [0.717, 1.165) is 0 Å². The summed E-state index contributed by atoms with van der Waals surface area (Å²) in [7, 11) is 0. The molecule has 0 aromatic heterocycles. The molecule has 0 spiro atoms. The van der Waals surface area contributed by atoms with Gasteiger partial charge in [0, 0.05) is 17.8 Å². The summed E-state index contributed by atoms with van der Waals surface area (Å²) < 4.78 is 0. The molecule has 1 aromatic rings. The van der Waals surface area contributed by atoms with Crippen molar-refractivity contribution in [2.75, 3.05) is 11.9 Å². The zero-order chi connectivity index (χ0) is 12.8. The van der Waals surface area contributed by atoms with Crippen LogP contribution in [0.3, 0.4) is 0 Å². The van der Waals surface area contributed by atoms with E-state index in [9.17, 15) is 9.59 Å². The number of amides is 2. The third-order valence-corrected chi connectivity index (χ3v) is 2.11. The van der Waals surface area contributed by atoms with Gasteiger partial charge in [-0.25, -0.2) is 4.79 Å². The second kappa shape index (κ2) is 6.00. The molecular weight excluding hydrogens is 220 g/mol. The smallest absolute Gasteiger partial charge is 0.319 e. The predicted octanol–water partition coefficient (Wildman–Crippen LogP) is 1.39. The molecule has 0 aliphatic carbocycles. The van der Waals surface area contributed by atoms with Crippen LogP contribution in [0.5, 0.6) is 0 Å². The molecule has 0 bridgehead atoms. The van der Waals surface area contributed by atoms with Crippen LogP contribution in [0.1, 0.15) is 24.2 Å². The van der Waals surface area contributed by atoms with Crippen LogP contribution >= 0.6 is 0 Å². The third kappa shape index (κ3) is 4.65. The van der Waals surface area contributed by atoms with Crippen molar-refractivity contribution in [2.45, 2.75) is 20.0 Å². The molecule has 0 heterocycles. The second-order valence-corrected chi connectivity index (χ2v) is 3.82. The molecule has 17 heavy (non-hydrogen) atoms. The first-order valence-corrected chi connectivity index (χ1v) is 5.33. The highest BCUT2D eigenvalue weighted by molar-refractivity contribution is 5.95. The lowest BCUT2D eigenvalue weighted by Crippen LogP contribution is -2.34. The number of benzene rings is 1. The average molecular weight is 236 g/mol. The van der Waals surface area contributed by atoms with Crippen LogP contribution < -0.4 is 10.6 Å². The van der Waals surface area contributed by atoms with Gasteiger partial charge in [-0.05, 0) is 38.1 Å². The lowest BCUT2D eigenvalue weighted by Gasteiger charge is -2.09. The average Bonchev–Trinajstić information content (AvgIpc) is 2.27. The Balaban J connectivity index is 2.51. The molecule has 92 valence electrons. The number of ketones is 1. The molecule has 0 unspecified atom stereocenters. The molecule has 5 heteroatoms. The minimum Gasteiger partial charge on any atom is -0.392 e. The first kappa shape index (κ1) is 13.2. The van der Waals surface area contributed by atoms with Gasteiger partial charge in [-0.3, -0.25) is 4.79 Å². The number of Topliss-reactive ketones (excluding diaryl/α,β-unsaturated/α-hetero) is 1. The molecule has 1 atom stereocenters. The third-order valence-electron chi connectivity index (χ3n) is 2.11. The normalized spacial score (nSPS) is 11.7. The molecular formula is C12H16N2O3. The number of carbonyl (C=O) groups is 2. The van der Waals surface area contributed by atoms with Gasteiger partial charge in [0.15, 0.2) is 5.78 Å². The maximum Gasteiger partial charge on any atom is 0.319 e. The molecule has 0 saturated heterocycles. The first-order valence-electron chi connectivity index (χ1n) is 5.33. The highest BCUT2D eigenvalue weighted by Gasteiger charge is 2.04. The van der Waals surface area contributed by atoms with Crippen molar-refractivity contribution in [3.63, 3.8) is 0 Å². The number of rotatable bonds is 4. The zero-order valence-corrected chi connectivity index (χ0v) is 9.86. The predicted molar refractivity (Wildman–Crippen MR) is 65.1 cm³/mol. The molecule has 3 N–H and O–H groups in total. The van der Waals surface area contributed by atoms with Crippen LogP contribution in [0, 0.1) is 0 Å². The van der Waals surface area contributed by atoms with Gasteiger partial charge in [-0.2, -0.15) is 0 Å². The van der Waals surface area contributed by atoms with Crippen molar-refractivity contribution in [1.29, 1.82) is 0 Å². The van der Waals surface area contributed by atoms with Crippen molar-refractivity contribution in [3.05, 3.63) is 29.8 Å². The standard InChI is InChI=1S/C12H16N2O3/c1-8(15)7-13-12(17)14-11-5-3-10(4-6-11)9(2)16/h3-6,8,15H,7H2,1-2H3,(H2,13,14,17)/t8-/m0/s1. The number of nitrogens with one attached hydrogen (secondary N) is 2. The van der Waals surface area contributed by atoms with Gasteiger partial charge in [0.25, 0.3) is 0 Å². The van der Waals surface area contributed by atoms with Gasteiger partial charge in [0.2, 0.25) is 0 Å². The minimum atomic E-state index is -0.583. The van der Waals surface area contributed by atoms with E-state index >= 15 is 0 Å². The van der Waals surface area contributed by atoms with E-state index in [0.29, 0.717) is 11.3 Å². The van der Waals surface area contributed by atoms with Crippen LogP contribution in [0.4, 0.5) is 10.5 Å². The van der Waals surface area contributed by atoms with E-state index in [1.165, 1.54) is 6.92 Å². The zero-order valence-electron chi connectivity index (χ0n) is 9.86. The fourth-order valence-corrected chi connectivity index (χ4v) is 1.20. The van der Waals surface area contributed by atoms with Gasteiger partial charge in [0.05, 0.1) is 6.10 Å². The van der Waals surface area contributed by atoms with Crippen LogP contribution in [-0.2, 0) is 0 Å². The fourth-order valence-electron chi connectivity index (χ4n) is 1.20. The summed E-state index contributed by atoms with van der Waals surface area (Å²) >= 11 is 0. The molecule has 1 aromatic carbocycles.